The Hall–Kier alpha value is -0.310. The molecule has 0 aliphatic carbocycles. The van der Waals surface area contributed by atoms with Crippen molar-refractivity contribution in [1.29, 1.82) is 0 Å². The second-order valence-corrected chi connectivity index (χ2v) is 3.29. The van der Waals surface area contributed by atoms with Crippen molar-refractivity contribution < 1.29 is 0 Å². The SMILES string of the molecule is Cc1ccccc1C=CCI. The van der Waals surface area contributed by atoms with Crippen LogP contribution in [0.1, 0.15) is 11.1 Å². The number of alkyl halides is 1. The zero-order valence-corrected chi connectivity index (χ0v) is 8.71. The second kappa shape index (κ2) is 4.54. The highest BCUT2D eigenvalue weighted by Gasteiger charge is 1.88. The lowest BCUT2D eigenvalue weighted by Crippen LogP contribution is -1.77. The molecule has 1 rings (SSSR count). The summed E-state index contributed by atoms with van der Waals surface area (Å²) >= 11 is 2.34. The summed E-state index contributed by atoms with van der Waals surface area (Å²) in [5, 5.41) is 0. The van der Waals surface area contributed by atoms with E-state index in [0.717, 1.165) is 4.43 Å². The van der Waals surface area contributed by atoms with E-state index in [0.29, 0.717) is 0 Å². The lowest BCUT2D eigenvalue weighted by atomic mass is 10.1. The summed E-state index contributed by atoms with van der Waals surface area (Å²) in [7, 11) is 0. The van der Waals surface area contributed by atoms with E-state index in [-0.39, 0.29) is 0 Å². The molecule has 0 fully saturated rings. The van der Waals surface area contributed by atoms with Crippen LogP contribution in [-0.2, 0) is 0 Å². The van der Waals surface area contributed by atoms with Gasteiger partial charge < -0.3 is 0 Å². The van der Waals surface area contributed by atoms with Gasteiger partial charge in [-0.25, -0.2) is 0 Å². The van der Waals surface area contributed by atoms with E-state index < -0.39 is 0 Å². The lowest BCUT2D eigenvalue weighted by Gasteiger charge is -1.96. The lowest BCUT2D eigenvalue weighted by molar-refractivity contribution is 1.44. The predicted octanol–water partition coefficient (Wildman–Crippen LogP) is 3.44. The summed E-state index contributed by atoms with van der Waals surface area (Å²) < 4.78 is 1.08. The van der Waals surface area contributed by atoms with Crippen molar-refractivity contribution in [2.45, 2.75) is 6.92 Å². The van der Waals surface area contributed by atoms with Gasteiger partial charge >= 0.3 is 0 Å². The Morgan fingerprint density at radius 2 is 2.09 bits per heavy atom. The van der Waals surface area contributed by atoms with Crippen molar-refractivity contribution in [2.24, 2.45) is 0 Å². The summed E-state index contributed by atoms with van der Waals surface area (Å²) in [6, 6.07) is 8.40. The summed E-state index contributed by atoms with van der Waals surface area (Å²) in [5.74, 6) is 0. The molecule has 0 bridgehead atoms. The van der Waals surface area contributed by atoms with Gasteiger partial charge in [-0.15, -0.1) is 0 Å². The highest BCUT2D eigenvalue weighted by Crippen LogP contribution is 2.08. The number of rotatable bonds is 2. The quantitative estimate of drug-likeness (QED) is 0.563. The highest BCUT2D eigenvalue weighted by molar-refractivity contribution is 14.1. The van der Waals surface area contributed by atoms with E-state index in [1.807, 2.05) is 0 Å². The molecule has 0 aromatic heterocycles. The fraction of sp³-hybridized carbons (Fsp3) is 0.200. The predicted molar refractivity (Wildman–Crippen MR) is 59.1 cm³/mol. The number of halogens is 1. The third kappa shape index (κ3) is 2.66. The fourth-order valence-corrected chi connectivity index (χ4v) is 1.20. The Balaban J connectivity index is 2.86. The smallest absolute Gasteiger partial charge is 0.0179 e. The first-order valence-corrected chi connectivity index (χ1v) is 5.15. The molecule has 0 spiro atoms. The molecule has 0 atom stereocenters. The minimum atomic E-state index is 1.08. The first-order chi connectivity index (χ1) is 5.34. The Morgan fingerprint density at radius 3 is 2.73 bits per heavy atom. The molecule has 0 aliphatic rings. The van der Waals surface area contributed by atoms with Crippen LogP contribution in [0.3, 0.4) is 0 Å². The topological polar surface area (TPSA) is 0 Å². The summed E-state index contributed by atoms with van der Waals surface area (Å²) in [5.41, 5.74) is 2.66. The number of allylic oxidation sites excluding steroid dienone is 1. The van der Waals surface area contributed by atoms with Crippen molar-refractivity contribution in [3.8, 4) is 0 Å². The van der Waals surface area contributed by atoms with Gasteiger partial charge in [0.15, 0.2) is 0 Å². The molecule has 0 amide bonds. The fourth-order valence-electron chi connectivity index (χ4n) is 0.945. The first kappa shape index (κ1) is 8.78. The summed E-state index contributed by atoms with van der Waals surface area (Å²) in [6.45, 7) is 2.13. The minimum absolute atomic E-state index is 1.08. The van der Waals surface area contributed by atoms with Crippen molar-refractivity contribution >= 4 is 28.7 Å². The van der Waals surface area contributed by atoms with Crippen LogP contribution in [0.25, 0.3) is 6.08 Å². The Kier molecular flexibility index (Phi) is 3.63. The van der Waals surface area contributed by atoms with Crippen LogP contribution >= 0.6 is 22.6 Å². The molecule has 0 heterocycles. The number of hydrogen-bond donors (Lipinski definition) is 0. The normalized spacial score (nSPS) is 10.7. The van der Waals surface area contributed by atoms with Gasteiger partial charge in [-0.2, -0.15) is 0 Å². The van der Waals surface area contributed by atoms with Crippen molar-refractivity contribution in [3.63, 3.8) is 0 Å². The second-order valence-electron chi connectivity index (χ2n) is 2.41. The molecule has 0 saturated carbocycles. The molecule has 0 unspecified atom stereocenters. The van der Waals surface area contributed by atoms with E-state index in [4.69, 9.17) is 0 Å². The molecule has 0 N–H and O–H groups in total. The summed E-state index contributed by atoms with van der Waals surface area (Å²) in [6.07, 6.45) is 4.34. The van der Waals surface area contributed by atoms with Crippen LogP contribution < -0.4 is 0 Å². The zero-order valence-electron chi connectivity index (χ0n) is 6.55. The van der Waals surface area contributed by atoms with Crippen molar-refractivity contribution in [1.82, 2.24) is 0 Å². The van der Waals surface area contributed by atoms with Crippen molar-refractivity contribution in [2.75, 3.05) is 4.43 Å². The largest absolute Gasteiger partial charge is 0.0818 e. The van der Waals surface area contributed by atoms with Gasteiger partial charge in [0, 0.05) is 4.43 Å². The Labute approximate surface area is 81.5 Å². The van der Waals surface area contributed by atoms with E-state index in [2.05, 4.69) is 65.9 Å². The summed E-state index contributed by atoms with van der Waals surface area (Å²) in [4.78, 5) is 0. The van der Waals surface area contributed by atoms with Crippen LogP contribution in [0.4, 0.5) is 0 Å². The van der Waals surface area contributed by atoms with Crippen LogP contribution in [0.5, 0.6) is 0 Å². The Morgan fingerprint density at radius 1 is 1.36 bits per heavy atom. The molecular formula is C10H11I. The number of aryl methyl sites for hydroxylation is 1. The molecule has 0 nitrogen and oxygen atoms in total. The van der Waals surface area contributed by atoms with E-state index in [1.165, 1.54) is 11.1 Å². The average Bonchev–Trinajstić information content (AvgIpc) is 2.03. The molecule has 11 heavy (non-hydrogen) atoms. The monoisotopic (exact) mass is 258 g/mol. The van der Waals surface area contributed by atoms with Gasteiger partial charge in [-0.3, -0.25) is 0 Å². The van der Waals surface area contributed by atoms with E-state index >= 15 is 0 Å². The van der Waals surface area contributed by atoms with Crippen molar-refractivity contribution in [3.05, 3.63) is 41.5 Å². The zero-order chi connectivity index (χ0) is 8.10. The van der Waals surface area contributed by atoms with Crippen LogP contribution in [-0.4, -0.2) is 4.43 Å². The van der Waals surface area contributed by atoms with Gasteiger partial charge in [0.05, 0.1) is 0 Å². The molecule has 1 aromatic carbocycles. The molecular weight excluding hydrogens is 247 g/mol. The molecule has 1 aromatic rings. The standard InChI is InChI=1S/C10H11I/c1-9-5-2-3-6-10(9)7-4-8-11/h2-7H,8H2,1H3. The van der Waals surface area contributed by atoms with Crippen LogP contribution in [0.15, 0.2) is 30.3 Å². The minimum Gasteiger partial charge on any atom is -0.0818 e. The number of hydrogen-bond acceptors (Lipinski definition) is 0. The maximum Gasteiger partial charge on any atom is 0.0179 e. The van der Waals surface area contributed by atoms with Gasteiger partial charge in [-0.1, -0.05) is 59.0 Å². The average molecular weight is 258 g/mol. The van der Waals surface area contributed by atoms with Crippen LogP contribution in [0, 0.1) is 6.92 Å². The molecule has 0 aliphatic heterocycles. The highest BCUT2D eigenvalue weighted by atomic mass is 127. The van der Waals surface area contributed by atoms with Gasteiger partial charge in [-0.05, 0) is 18.1 Å². The van der Waals surface area contributed by atoms with Gasteiger partial charge in [0.2, 0.25) is 0 Å². The maximum atomic E-state index is 2.34. The van der Waals surface area contributed by atoms with E-state index in [9.17, 15) is 0 Å². The first-order valence-electron chi connectivity index (χ1n) is 3.62. The van der Waals surface area contributed by atoms with Gasteiger partial charge in [0.1, 0.15) is 0 Å². The Bertz CT molecular complexity index is 251. The van der Waals surface area contributed by atoms with Crippen LogP contribution in [0.2, 0.25) is 0 Å². The molecule has 0 radical (unpaired) electrons. The maximum absolute atomic E-state index is 2.34. The molecule has 58 valence electrons. The third-order valence-corrected chi connectivity index (χ3v) is 2.08. The third-order valence-electron chi connectivity index (χ3n) is 1.57. The van der Waals surface area contributed by atoms with E-state index in [1.54, 1.807) is 0 Å². The molecule has 0 saturated heterocycles. The molecule has 1 heteroatoms. The van der Waals surface area contributed by atoms with Gasteiger partial charge in [0.25, 0.3) is 0 Å². The number of benzene rings is 1.